The second-order valence-electron chi connectivity index (χ2n) is 7.67. The number of morpholine rings is 1. The van der Waals surface area contributed by atoms with Crippen molar-refractivity contribution in [3.8, 4) is 11.5 Å². The molecule has 0 unspecified atom stereocenters. The van der Waals surface area contributed by atoms with E-state index >= 15 is 0 Å². The van der Waals surface area contributed by atoms with E-state index in [1.54, 1.807) is 19.2 Å². The molecule has 1 saturated heterocycles. The van der Waals surface area contributed by atoms with Gasteiger partial charge in [-0.1, -0.05) is 11.6 Å². The average Bonchev–Trinajstić information content (AvgIpc) is 2.84. The number of nitrogens with zero attached hydrogens (tertiary/aromatic N) is 3. The first kappa shape index (κ1) is 23.4. The second kappa shape index (κ2) is 10.9. The molecular formula is C23H26ClFN4O4. The zero-order valence-corrected chi connectivity index (χ0v) is 19.0. The van der Waals surface area contributed by atoms with Gasteiger partial charge in [-0.3, -0.25) is 4.90 Å². The predicted octanol–water partition coefficient (Wildman–Crippen LogP) is 3.64. The Balaban J connectivity index is 1.47. The number of benzene rings is 2. The van der Waals surface area contributed by atoms with Crippen LogP contribution in [0.2, 0.25) is 5.02 Å². The van der Waals surface area contributed by atoms with Crippen molar-refractivity contribution in [2.75, 3.05) is 51.9 Å². The minimum Gasteiger partial charge on any atom is -0.493 e. The maximum absolute atomic E-state index is 13.5. The molecule has 3 aromatic rings. The van der Waals surface area contributed by atoms with E-state index in [2.05, 4.69) is 20.2 Å². The molecule has 33 heavy (non-hydrogen) atoms. The van der Waals surface area contributed by atoms with Gasteiger partial charge < -0.3 is 24.6 Å². The van der Waals surface area contributed by atoms with Crippen LogP contribution in [0, 0.1) is 5.82 Å². The van der Waals surface area contributed by atoms with Crippen molar-refractivity contribution < 1.29 is 23.7 Å². The molecule has 10 heteroatoms. The number of ether oxygens (including phenoxy) is 3. The standard InChI is InChI=1S/C23H26ClFN4O4/c1-31-21-11-20-17(23(27-14-26-20)28-15-3-4-19(25)18(24)9-15)10-22(21)33-7-2-5-29-6-8-32-16(12-29)13-30/h3-4,9-11,14,16,30H,2,5-8,12-13H2,1H3,(H,26,27,28)/t16-/m1/s1. The second-order valence-corrected chi connectivity index (χ2v) is 8.08. The Bertz CT molecular complexity index is 1100. The summed E-state index contributed by atoms with van der Waals surface area (Å²) in [6.07, 6.45) is 2.13. The third-order valence-corrected chi connectivity index (χ3v) is 5.70. The monoisotopic (exact) mass is 476 g/mol. The van der Waals surface area contributed by atoms with E-state index in [0.29, 0.717) is 41.7 Å². The lowest BCUT2D eigenvalue weighted by Gasteiger charge is -2.31. The molecule has 1 aliphatic rings. The predicted molar refractivity (Wildman–Crippen MR) is 124 cm³/mol. The smallest absolute Gasteiger partial charge is 0.162 e. The number of anilines is 2. The molecule has 0 radical (unpaired) electrons. The Labute approximate surface area is 196 Å². The normalized spacial score (nSPS) is 16.7. The van der Waals surface area contributed by atoms with Crippen molar-refractivity contribution in [1.29, 1.82) is 0 Å². The highest BCUT2D eigenvalue weighted by atomic mass is 35.5. The van der Waals surface area contributed by atoms with Gasteiger partial charge in [-0.2, -0.15) is 0 Å². The lowest BCUT2D eigenvalue weighted by molar-refractivity contribution is -0.0533. The highest BCUT2D eigenvalue weighted by Crippen LogP contribution is 2.35. The number of aliphatic hydroxyl groups excluding tert-OH is 1. The van der Waals surface area contributed by atoms with Crippen molar-refractivity contribution in [3.05, 3.63) is 47.5 Å². The summed E-state index contributed by atoms with van der Waals surface area (Å²) in [4.78, 5) is 10.9. The topological polar surface area (TPSA) is 89.0 Å². The van der Waals surface area contributed by atoms with Crippen molar-refractivity contribution in [1.82, 2.24) is 14.9 Å². The summed E-state index contributed by atoms with van der Waals surface area (Å²) in [6.45, 7) is 3.55. The van der Waals surface area contributed by atoms with E-state index < -0.39 is 5.82 Å². The van der Waals surface area contributed by atoms with Crippen molar-refractivity contribution in [2.24, 2.45) is 0 Å². The fourth-order valence-electron chi connectivity index (χ4n) is 3.71. The zero-order valence-electron chi connectivity index (χ0n) is 18.3. The number of halogens is 2. The zero-order chi connectivity index (χ0) is 23.2. The summed E-state index contributed by atoms with van der Waals surface area (Å²) in [5.74, 6) is 1.21. The third kappa shape index (κ3) is 5.80. The average molecular weight is 477 g/mol. The molecule has 2 aromatic carbocycles. The molecule has 1 atom stereocenters. The molecule has 0 bridgehead atoms. The van der Waals surface area contributed by atoms with Gasteiger partial charge in [-0.15, -0.1) is 0 Å². The van der Waals surface area contributed by atoms with Gasteiger partial charge in [0.2, 0.25) is 0 Å². The van der Waals surface area contributed by atoms with Gasteiger partial charge in [-0.05, 0) is 30.7 Å². The molecule has 1 fully saturated rings. The maximum atomic E-state index is 13.5. The van der Waals surface area contributed by atoms with E-state index in [1.807, 2.05) is 6.07 Å². The SMILES string of the molecule is COc1cc2ncnc(Nc3ccc(F)c(Cl)c3)c2cc1OCCCN1CCO[C@@H](CO)C1. The lowest BCUT2D eigenvalue weighted by atomic mass is 10.2. The molecule has 1 aliphatic heterocycles. The number of hydrogen-bond acceptors (Lipinski definition) is 8. The quantitative estimate of drug-likeness (QED) is 0.452. The van der Waals surface area contributed by atoms with Crippen LogP contribution in [-0.2, 0) is 4.74 Å². The molecular weight excluding hydrogens is 451 g/mol. The lowest BCUT2D eigenvalue weighted by Crippen LogP contribution is -2.44. The molecule has 2 N–H and O–H groups in total. The first-order valence-corrected chi connectivity index (χ1v) is 11.1. The minimum atomic E-state index is -0.487. The van der Waals surface area contributed by atoms with Gasteiger partial charge in [0.05, 0.1) is 43.6 Å². The third-order valence-electron chi connectivity index (χ3n) is 5.41. The maximum Gasteiger partial charge on any atom is 0.162 e. The van der Waals surface area contributed by atoms with Crippen LogP contribution >= 0.6 is 11.6 Å². The summed E-state index contributed by atoms with van der Waals surface area (Å²) >= 11 is 5.90. The van der Waals surface area contributed by atoms with Crippen LogP contribution in [0.4, 0.5) is 15.9 Å². The first-order valence-electron chi connectivity index (χ1n) is 10.7. The summed E-state index contributed by atoms with van der Waals surface area (Å²) in [6, 6.07) is 8.01. The Hall–Kier alpha value is -2.72. The highest BCUT2D eigenvalue weighted by molar-refractivity contribution is 6.31. The van der Waals surface area contributed by atoms with Crippen LogP contribution in [0.5, 0.6) is 11.5 Å². The van der Waals surface area contributed by atoms with E-state index in [-0.39, 0.29) is 17.7 Å². The number of nitrogens with one attached hydrogen (secondary N) is 1. The van der Waals surface area contributed by atoms with Crippen LogP contribution in [0.1, 0.15) is 6.42 Å². The fraction of sp³-hybridized carbons (Fsp3) is 0.391. The molecule has 0 amide bonds. The molecule has 0 aliphatic carbocycles. The number of fused-ring (bicyclic) bond motifs is 1. The number of rotatable bonds is 9. The molecule has 1 aromatic heterocycles. The minimum absolute atomic E-state index is 0.0228. The Kier molecular flexibility index (Phi) is 7.77. The Morgan fingerprint density at radius 3 is 2.94 bits per heavy atom. The number of methoxy groups -OCH3 is 1. The number of aliphatic hydroxyl groups is 1. The van der Waals surface area contributed by atoms with Crippen LogP contribution in [-0.4, -0.2) is 72.6 Å². The van der Waals surface area contributed by atoms with Crippen molar-refractivity contribution >= 4 is 34.0 Å². The number of aromatic nitrogens is 2. The van der Waals surface area contributed by atoms with Gasteiger partial charge in [0.15, 0.2) is 11.5 Å². The summed E-state index contributed by atoms with van der Waals surface area (Å²) in [5.41, 5.74) is 1.28. The first-order chi connectivity index (χ1) is 16.1. The van der Waals surface area contributed by atoms with Crippen molar-refractivity contribution in [2.45, 2.75) is 12.5 Å². The number of hydrogen-bond donors (Lipinski definition) is 2. The van der Waals surface area contributed by atoms with E-state index in [4.69, 9.17) is 25.8 Å². The molecule has 2 heterocycles. The van der Waals surface area contributed by atoms with Gasteiger partial charge >= 0.3 is 0 Å². The molecule has 176 valence electrons. The fourth-order valence-corrected chi connectivity index (χ4v) is 3.89. The summed E-state index contributed by atoms with van der Waals surface area (Å²) < 4.78 is 30.5. The molecule has 0 spiro atoms. The van der Waals surface area contributed by atoms with Crippen molar-refractivity contribution in [3.63, 3.8) is 0 Å². The van der Waals surface area contributed by atoms with Gasteiger partial charge in [-0.25, -0.2) is 14.4 Å². The Morgan fingerprint density at radius 1 is 1.27 bits per heavy atom. The molecule has 8 nitrogen and oxygen atoms in total. The van der Waals surface area contributed by atoms with E-state index in [0.717, 1.165) is 31.4 Å². The van der Waals surface area contributed by atoms with Crippen LogP contribution in [0.25, 0.3) is 10.9 Å². The van der Waals surface area contributed by atoms with Gasteiger partial charge in [0.1, 0.15) is 18.0 Å². The molecule has 0 saturated carbocycles. The summed E-state index contributed by atoms with van der Waals surface area (Å²) in [7, 11) is 1.58. The van der Waals surface area contributed by atoms with Gasteiger partial charge in [0.25, 0.3) is 0 Å². The van der Waals surface area contributed by atoms with Gasteiger partial charge in [0, 0.05) is 36.8 Å². The van der Waals surface area contributed by atoms with E-state index in [9.17, 15) is 9.50 Å². The molecule has 4 rings (SSSR count). The van der Waals surface area contributed by atoms with Crippen LogP contribution in [0.3, 0.4) is 0 Å². The van der Waals surface area contributed by atoms with Crippen LogP contribution < -0.4 is 14.8 Å². The Morgan fingerprint density at radius 2 is 2.15 bits per heavy atom. The highest BCUT2D eigenvalue weighted by Gasteiger charge is 2.19. The summed E-state index contributed by atoms with van der Waals surface area (Å²) in [5, 5.41) is 13.2. The van der Waals surface area contributed by atoms with E-state index in [1.165, 1.54) is 18.5 Å². The van der Waals surface area contributed by atoms with Crippen LogP contribution in [0.15, 0.2) is 36.7 Å². The largest absolute Gasteiger partial charge is 0.493 e.